The van der Waals surface area contributed by atoms with Crippen LogP contribution < -0.4 is 0 Å². The molecule has 1 heteroatoms. The third kappa shape index (κ3) is 16.4. The van der Waals surface area contributed by atoms with Gasteiger partial charge in [0.1, 0.15) is 0 Å². The van der Waals surface area contributed by atoms with Gasteiger partial charge in [-0.2, -0.15) is 12.6 Å². The predicted octanol–water partition coefficient (Wildman–Crippen LogP) is 6.40. The summed E-state index contributed by atoms with van der Waals surface area (Å²) >= 11 is 4.40. The highest BCUT2D eigenvalue weighted by Crippen LogP contribution is 2.13. The van der Waals surface area contributed by atoms with E-state index in [9.17, 15) is 0 Å². The Morgan fingerprint density at radius 1 is 0.647 bits per heavy atom. The number of hydrogen-bond donors (Lipinski definition) is 1. The van der Waals surface area contributed by atoms with Crippen molar-refractivity contribution in [1.29, 1.82) is 0 Å². The molecule has 17 heavy (non-hydrogen) atoms. The van der Waals surface area contributed by atoms with Crippen molar-refractivity contribution >= 4 is 12.6 Å². The lowest BCUT2D eigenvalue weighted by molar-refractivity contribution is 0.539. The van der Waals surface area contributed by atoms with Crippen LogP contribution in [0.4, 0.5) is 0 Å². The van der Waals surface area contributed by atoms with Crippen molar-refractivity contribution in [3.63, 3.8) is 0 Å². The summed E-state index contributed by atoms with van der Waals surface area (Å²) in [6, 6.07) is 0. The molecule has 0 radical (unpaired) electrons. The Kier molecular flexibility index (Phi) is 14.7. The van der Waals surface area contributed by atoms with Crippen molar-refractivity contribution in [2.75, 3.05) is 0 Å². The van der Waals surface area contributed by atoms with E-state index in [2.05, 4.69) is 26.5 Å². The van der Waals surface area contributed by atoms with E-state index in [-0.39, 0.29) is 0 Å². The molecule has 1 unspecified atom stereocenters. The molecule has 0 bridgehead atoms. The Balaban J connectivity index is 2.89. The number of rotatable bonds is 13. The first kappa shape index (κ1) is 17.4. The van der Waals surface area contributed by atoms with Crippen molar-refractivity contribution in [2.24, 2.45) is 0 Å². The summed E-state index contributed by atoms with van der Waals surface area (Å²) in [6.07, 6.45) is 18.6. The van der Waals surface area contributed by atoms with Gasteiger partial charge in [0.25, 0.3) is 0 Å². The molecule has 0 fully saturated rings. The fourth-order valence-electron chi connectivity index (χ4n) is 2.28. The van der Waals surface area contributed by atoms with Gasteiger partial charge in [-0.05, 0) is 11.7 Å². The maximum absolute atomic E-state index is 4.40. The van der Waals surface area contributed by atoms with Crippen LogP contribution in [0.2, 0.25) is 0 Å². The Morgan fingerprint density at radius 3 is 1.35 bits per heavy atom. The molecule has 0 aromatic heterocycles. The fraction of sp³-hybridized carbons (Fsp3) is 1.00. The van der Waals surface area contributed by atoms with Crippen LogP contribution in [-0.4, -0.2) is 5.25 Å². The topological polar surface area (TPSA) is 0 Å². The molecule has 0 nitrogen and oxygen atoms in total. The van der Waals surface area contributed by atoms with Gasteiger partial charge in [-0.15, -0.1) is 0 Å². The van der Waals surface area contributed by atoms with Crippen molar-refractivity contribution < 1.29 is 0 Å². The van der Waals surface area contributed by atoms with Crippen LogP contribution >= 0.6 is 12.6 Å². The van der Waals surface area contributed by atoms with Crippen LogP contribution in [0.15, 0.2) is 0 Å². The van der Waals surface area contributed by atoms with Gasteiger partial charge in [0.05, 0.1) is 0 Å². The zero-order valence-electron chi connectivity index (χ0n) is 12.2. The van der Waals surface area contributed by atoms with Crippen LogP contribution in [-0.2, 0) is 0 Å². The fourth-order valence-corrected chi connectivity index (χ4v) is 2.46. The van der Waals surface area contributed by atoms with Gasteiger partial charge in [0.15, 0.2) is 0 Å². The lowest BCUT2D eigenvalue weighted by atomic mass is 10.0. The van der Waals surface area contributed by atoms with Crippen molar-refractivity contribution in [3.8, 4) is 0 Å². The third-order valence-corrected chi connectivity index (χ3v) is 3.73. The highest BCUT2D eigenvalue weighted by molar-refractivity contribution is 7.80. The van der Waals surface area contributed by atoms with Crippen molar-refractivity contribution in [3.05, 3.63) is 0 Å². The molecule has 0 amide bonds. The van der Waals surface area contributed by atoms with Gasteiger partial charge >= 0.3 is 0 Å². The van der Waals surface area contributed by atoms with E-state index < -0.39 is 0 Å². The summed E-state index contributed by atoms with van der Waals surface area (Å²) in [4.78, 5) is 0. The summed E-state index contributed by atoms with van der Waals surface area (Å²) in [5, 5.41) is 0.595. The molecule has 0 spiro atoms. The summed E-state index contributed by atoms with van der Waals surface area (Å²) in [7, 11) is 0. The van der Waals surface area contributed by atoms with Crippen molar-refractivity contribution in [1.82, 2.24) is 0 Å². The standard InChI is InChI=1S/C16H34S/c1-3-4-5-6-7-8-9-10-11-12-13-14-15-16(2)17/h16-17H,3-15H2,1-2H3. The van der Waals surface area contributed by atoms with E-state index >= 15 is 0 Å². The molecule has 0 rings (SSSR count). The van der Waals surface area contributed by atoms with Gasteiger partial charge in [0.2, 0.25) is 0 Å². The van der Waals surface area contributed by atoms with Gasteiger partial charge in [-0.1, -0.05) is 90.9 Å². The molecular weight excluding hydrogens is 224 g/mol. The van der Waals surface area contributed by atoms with E-state index in [4.69, 9.17) is 0 Å². The second-order valence-corrected chi connectivity index (χ2v) is 6.41. The number of unbranched alkanes of at least 4 members (excludes halogenated alkanes) is 11. The van der Waals surface area contributed by atoms with Crippen LogP contribution in [0, 0.1) is 0 Å². The minimum Gasteiger partial charge on any atom is -0.176 e. The zero-order chi connectivity index (χ0) is 12.8. The smallest absolute Gasteiger partial charge is 0.00116 e. The summed E-state index contributed by atoms with van der Waals surface area (Å²) in [5.41, 5.74) is 0. The molecule has 0 aliphatic heterocycles. The summed E-state index contributed by atoms with van der Waals surface area (Å²) in [6.45, 7) is 4.48. The SMILES string of the molecule is CCCCCCCCCCCCCCC(C)S. The zero-order valence-corrected chi connectivity index (χ0v) is 13.1. The van der Waals surface area contributed by atoms with Gasteiger partial charge in [-0.25, -0.2) is 0 Å². The second kappa shape index (κ2) is 14.4. The van der Waals surface area contributed by atoms with Gasteiger partial charge < -0.3 is 0 Å². The molecule has 0 saturated carbocycles. The van der Waals surface area contributed by atoms with Gasteiger partial charge in [-0.3, -0.25) is 0 Å². The molecule has 1 atom stereocenters. The number of thiol groups is 1. The molecule has 0 saturated heterocycles. The Morgan fingerprint density at radius 2 is 1.00 bits per heavy atom. The number of hydrogen-bond acceptors (Lipinski definition) is 1. The first-order chi connectivity index (χ1) is 8.27. The van der Waals surface area contributed by atoms with E-state index in [0.717, 1.165) is 0 Å². The molecule has 0 aromatic carbocycles. The maximum atomic E-state index is 4.40. The molecule has 104 valence electrons. The van der Waals surface area contributed by atoms with Gasteiger partial charge in [0, 0.05) is 0 Å². The third-order valence-electron chi connectivity index (χ3n) is 3.48. The molecular formula is C16H34S. The Labute approximate surface area is 115 Å². The second-order valence-electron chi connectivity index (χ2n) is 5.53. The van der Waals surface area contributed by atoms with Crippen LogP contribution in [0.3, 0.4) is 0 Å². The van der Waals surface area contributed by atoms with Crippen molar-refractivity contribution in [2.45, 2.75) is 103 Å². The highest BCUT2D eigenvalue weighted by Gasteiger charge is 1.95. The first-order valence-electron chi connectivity index (χ1n) is 7.95. The largest absolute Gasteiger partial charge is 0.176 e. The quantitative estimate of drug-likeness (QED) is 0.287. The lowest BCUT2D eigenvalue weighted by Crippen LogP contribution is -1.90. The molecule has 0 aliphatic carbocycles. The average molecular weight is 259 g/mol. The molecule has 0 N–H and O–H groups in total. The van der Waals surface area contributed by atoms with Crippen LogP contribution in [0.5, 0.6) is 0 Å². The molecule has 0 aliphatic rings. The molecule has 0 aromatic rings. The Bertz CT molecular complexity index is 131. The normalized spacial score (nSPS) is 12.9. The van der Waals surface area contributed by atoms with Crippen LogP contribution in [0.1, 0.15) is 97.3 Å². The van der Waals surface area contributed by atoms with E-state index in [0.29, 0.717) is 5.25 Å². The highest BCUT2D eigenvalue weighted by atomic mass is 32.1. The van der Waals surface area contributed by atoms with Crippen LogP contribution in [0.25, 0.3) is 0 Å². The minimum atomic E-state index is 0.595. The monoisotopic (exact) mass is 258 g/mol. The minimum absolute atomic E-state index is 0.595. The summed E-state index contributed by atoms with van der Waals surface area (Å²) in [5.74, 6) is 0. The predicted molar refractivity (Wildman–Crippen MR) is 84.1 cm³/mol. The first-order valence-corrected chi connectivity index (χ1v) is 8.47. The van der Waals surface area contributed by atoms with E-state index in [1.54, 1.807) is 0 Å². The Hall–Kier alpha value is 0.350. The van der Waals surface area contributed by atoms with E-state index in [1.165, 1.54) is 83.5 Å². The lowest BCUT2D eigenvalue weighted by Gasteiger charge is -2.04. The van der Waals surface area contributed by atoms with E-state index in [1.807, 2.05) is 0 Å². The average Bonchev–Trinajstić information content (AvgIpc) is 2.30. The maximum Gasteiger partial charge on any atom is -0.00116 e. The summed E-state index contributed by atoms with van der Waals surface area (Å²) < 4.78 is 0. The molecule has 0 heterocycles.